The summed E-state index contributed by atoms with van der Waals surface area (Å²) >= 11 is 0. The van der Waals surface area contributed by atoms with Crippen molar-refractivity contribution in [2.75, 3.05) is 18.4 Å². The van der Waals surface area contributed by atoms with Crippen LogP contribution in [0.15, 0.2) is 18.2 Å². The number of hydrogen-bond acceptors (Lipinski definition) is 5. The minimum atomic E-state index is -0.891. The minimum absolute atomic E-state index is 0.264. The third-order valence-electron chi connectivity index (χ3n) is 2.27. The molecule has 0 aliphatic carbocycles. The van der Waals surface area contributed by atoms with Crippen molar-refractivity contribution in [3.8, 4) is 0 Å². The van der Waals surface area contributed by atoms with E-state index in [-0.39, 0.29) is 6.54 Å². The second kappa shape index (κ2) is 6.87. The Hall–Kier alpha value is -2.38. The van der Waals surface area contributed by atoms with Gasteiger partial charge in [0.1, 0.15) is 5.60 Å². The molecule has 0 radical (unpaired) electrons. The number of anilines is 1. The van der Waals surface area contributed by atoms with Crippen molar-refractivity contribution in [2.45, 2.75) is 26.4 Å². The number of carbonyl (C=O) groups excluding carboxylic acids is 1. The summed E-state index contributed by atoms with van der Waals surface area (Å²) < 4.78 is 18.2. The summed E-state index contributed by atoms with van der Waals surface area (Å²) in [7, 11) is 0. The fourth-order valence-corrected chi connectivity index (χ4v) is 1.45. The number of carbonyl (C=O) groups is 1. The number of halogens is 1. The molecule has 1 aromatic carbocycles. The third kappa shape index (κ3) is 6.07. The van der Waals surface area contributed by atoms with Gasteiger partial charge in [-0.1, -0.05) is 0 Å². The molecule has 116 valence electrons. The Kier molecular flexibility index (Phi) is 5.45. The Labute approximate surface area is 121 Å². The van der Waals surface area contributed by atoms with Gasteiger partial charge in [-0.05, 0) is 32.9 Å². The molecule has 7 nitrogen and oxygen atoms in total. The lowest BCUT2D eigenvalue weighted by Crippen LogP contribution is -2.34. The highest BCUT2D eigenvalue weighted by molar-refractivity contribution is 5.67. The normalized spacial score (nSPS) is 10.9. The topological polar surface area (TPSA) is 93.5 Å². The average molecular weight is 299 g/mol. The van der Waals surface area contributed by atoms with Gasteiger partial charge < -0.3 is 15.4 Å². The van der Waals surface area contributed by atoms with Gasteiger partial charge in [0.2, 0.25) is 5.82 Å². The first-order valence-electron chi connectivity index (χ1n) is 6.34. The molecule has 0 saturated carbocycles. The van der Waals surface area contributed by atoms with Crippen LogP contribution >= 0.6 is 0 Å². The van der Waals surface area contributed by atoms with Gasteiger partial charge in [-0.3, -0.25) is 10.1 Å². The number of nitrogens with zero attached hydrogens (tertiary/aromatic N) is 1. The fraction of sp³-hybridized carbons (Fsp3) is 0.462. The number of nitrogens with one attached hydrogen (secondary N) is 2. The van der Waals surface area contributed by atoms with Crippen LogP contribution in [-0.2, 0) is 4.74 Å². The van der Waals surface area contributed by atoms with Crippen molar-refractivity contribution in [1.82, 2.24) is 5.32 Å². The van der Waals surface area contributed by atoms with Crippen molar-refractivity contribution in [3.63, 3.8) is 0 Å². The van der Waals surface area contributed by atoms with Gasteiger partial charge in [0.15, 0.2) is 0 Å². The smallest absolute Gasteiger partial charge is 0.407 e. The molecule has 0 unspecified atom stereocenters. The second-order valence-electron chi connectivity index (χ2n) is 5.28. The SMILES string of the molecule is CC(C)(C)OC(=O)NCCNc1ccc(F)c([N+](=O)[O-])c1. The van der Waals surface area contributed by atoms with Crippen LogP contribution in [0.1, 0.15) is 20.8 Å². The molecule has 2 N–H and O–H groups in total. The summed E-state index contributed by atoms with van der Waals surface area (Å²) in [6.45, 7) is 5.84. The summed E-state index contributed by atoms with van der Waals surface area (Å²) in [4.78, 5) is 21.2. The zero-order chi connectivity index (χ0) is 16.0. The lowest BCUT2D eigenvalue weighted by molar-refractivity contribution is -0.387. The van der Waals surface area contributed by atoms with E-state index in [2.05, 4.69) is 10.6 Å². The number of amides is 1. The van der Waals surface area contributed by atoms with Gasteiger partial charge >= 0.3 is 11.8 Å². The molecule has 0 heterocycles. The van der Waals surface area contributed by atoms with E-state index < -0.39 is 28.1 Å². The van der Waals surface area contributed by atoms with Crippen LogP contribution in [0.3, 0.4) is 0 Å². The summed E-state index contributed by atoms with van der Waals surface area (Å²) in [5.41, 5.74) is -0.774. The Morgan fingerprint density at radius 3 is 2.62 bits per heavy atom. The molecule has 8 heteroatoms. The molecule has 0 atom stereocenters. The molecule has 0 saturated heterocycles. The van der Waals surface area contributed by atoms with E-state index in [1.54, 1.807) is 20.8 Å². The van der Waals surface area contributed by atoms with Crippen molar-refractivity contribution in [1.29, 1.82) is 0 Å². The number of nitro benzene ring substituents is 1. The highest BCUT2D eigenvalue weighted by Crippen LogP contribution is 2.21. The Balaban J connectivity index is 2.41. The molecule has 1 amide bonds. The van der Waals surface area contributed by atoms with E-state index in [0.717, 1.165) is 12.1 Å². The third-order valence-corrected chi connectivity index (χ3v) is 2.27. The highest BCUT2D eigenvalue weighted by atomic mass is 19.1. The van der Waals surface area contributed by atoms with E-state index in [1.807, 2.05) is 0 Å². The van der Waals surface area contributed by atoms with E-state index in [0.29, 0.717) is 12.2 Å². The van der Waals surface area contributed by atoms with E-state index in [1.165, 1.54) is 6.07 Å². The largest absolute Gasteiger partial charge is 0.444 e. The second-order valence-corrected chi connectivity index (χ2v) is 5.28. The first-order valence-corrected chi connectivity index (χ1v) is 6.34. The number of ether oxygens (including phenoxy) is 1. The summed E-state index contributed by atoms with van der Waals surface area (Å²) in [6.07, 6.45) is -0.547. The van der Waals surface area contributed by atoms with Crippen LogP contribution in [0, 0.1) is 15.9 Å². The number of alkyl carbamates (subject to hydrolysis) is 1. The maximum absolute atomic E-state index is 13.1. The molecule has 1 rings (SSSR count). The van der Waals surface area contributed by atoms with Crippen LogP contribution < -0.4 is 10.6 Å². The Bertz CT molecular complexity index is 529. The number of hydrogen-bond donors (Lipinski definition) is 2. The predicted octanol–water partition coefficient (Wildman–Crippen LogP) is 2.67. The van der Waals surface area contributed by atoms with Crippen LogP contribution in [0.2, 0.25) is 0 Å². The molecule has 0 spiro atoms. The summed E-state index contributed by atoms with van der Waals surface area (Å²) in [5, 5.41) is 16.0. The number of nitro groups is 1. The fourth-order valence-electron chi connectivity index (χ4n) is 1.45. The van der Waals surface area contributed by atoms with Gasteiger partial charge in [0.25, 0.3) is 0 Å². The summed E-state index contributed by atoms with van der Waals surface area (Å²) in [6, 6.07) is 3.50. The van der Waals surface area contributed by atoms with Gasteiger partial charge in [-0.2, -0.15) is 4.39 Å². The highest BCUT2D eigenvalue weighted by Gasteiger charge is 2.16. The summed E-state index contributed by atoms with van der Waals surface area (Å²) in [5.74, 6) is -0.891. The Morgan fingerprint density at radius 2 is 2.05 bits per heavy atom. The van der Waals surface area contributed by atoms with Crippen molar-refractivity contribution < 1.29 is 18.8 Å². The lowest BCUT2D eigenvalue weighted by Gasteiger charge is -2.19. The molecule has 0 fully saturated rings. The molecular formula is C13H18FN3O4. The van der Waals surface area contributed by atoms with E-state index in [9.17, 15) is 19.3 Å². The number of benzene rings is 1. The molecule has 1 aromatic rings. The predicted molar refractivity (Wildman–Crippen MR) is 75.8 cm³/mol. The van der Waals surface area contributed by atoms with Gasteiger partial charge in [0, 0.05) is 24.8 Å². The quantitative estimate of drug-likeness (QED) is 0.495. The number of rotatable bonds is 5. The van der Waals surface area contributed by atoms with Crippen LogP contribution in [-0.4, -0.2) is 29.7 Å². The maximum Gasteiger partial charge on any atom is 0.407 e. The first-order chi connectivity index (χ1) is 9.69. The molecular weight excluding hydrogens is 281 g/mol. The Morgan fingerprint density at radius 1 is 1.38 bits per heavy atom. The maximum atomic E-state index is 13.1. The molecule has 0 bridgehead atoms. The molecule has 0 aromatic heterocycles. The van der Waals surface area contributed by atoms with Gasteiger partial charge in [-0.25, -0.2) is 4.79 Å². The lowest BCUT2D eigenvalue weighted by atomic mass is 10.2. The van der Waals surface area contributed by atoms with E-state index >= 15 is 0 Å². The molecule has 0 aliphatic rings. The molecule has 0 aliphatic heterocycles. The van der Waals surface area contributed by atoms with Gasteiger partial charge in [-0.15, -0.1) is 0 Å². The van der Waals surface area contributed by atoms with Crippen molar-refractivity contribution >= 4 is 17.5 Å². The standard InChI is InChI=1S/C13H18FN3O4/c1-13(2,3)21-12(18)16-7-6-15-9-4-5-10(14)11(8-9)17(19)20/h4-5,8,15H,6-7H2,1-3H3,(H,16,18). The van der Waals surface area contributed by atoms with Crippen molar-refractivity contribution in [2.24, 2.45) is 0 Å². The zero-order valence-corrected chi connectivity index (χ0v) is 12.1. The minimum Gasteiger partial charge on any atom is -0.444 e. The monoisotopic (exact) mass is 299 g/mol. The first kappa shape index (κ1) is 16.7. The zero-order valence-electron chi connectivity index (χ0n) is 12.1. The average Bonchev–Trinajstić information content (AvgIpc) is 2.34. The van der Waals surface area contributed by atoms with E-state index in [4.69, 9.17) is 4.74 Å². The van der Waals surface area contributed by atoms with Crippen LogP contribution in [0.25, 0.3) is 0 Å². The van der Waals surface area contributed by atoms with Crippen molar-refractivity contribution in [3.05, 3.63) is 34.1 Å². The van der Waals surface area contributed by atoms with Crippen LogP contribution in [0.4, 0.5) is 20.6 Å². The van der Waals surface area contributed by atoms with Crippen LogP contribution in [0.5, 0.6) is 0 Å². The molecule has 21 heavy (non-hydrogen) atoms. The van der Waals surface area contributed by atoms with Gasteiger partial charge in [0.05, 0.1) is 4.92 Å².